The Balaban J connectivity index is 1.96. The molecule has 0 N–H and O–H groups in total. The number of nitrogens with zero attached hydrogens (tertiary/aromatic N) is 5. The minimum atomic E-state index is -4.73. The summed E-state index contributed by atoms with van der Waals surface area (Å²) in [5, 5.41) is 0.243. The van der Waals surface area contributed by atoms with E-state index in [-0.39, 0.29) is 16.5 Å². The van der Waals surface area contributed by atoms with Gasteiger partial charge in [0.25, 0.3) is 5.56 Å². The lowest BCUT2D eigenvalue weighted by molar-refractivity contribution is -0.141. The summed E-state index contributed by atoms with van der Waals surface area (Å²) in [6, 6.07) is 2.02. The van der Waals surface area contributed by atoms with Gasteiger partial charge in [0.15, 0.2) is 11.5 Å². The lowest BCUT2D eigenvalue weighted by Gasteiger charge is -2.09. The number of pyridine rings is 1. The molecule has 0 spiro atoms. The summed E-state index contributed by atoms with van der Waals surface area (Å²) in [7, 11) is 0. The highest BCUT2D eigenvalue weighted by Crippen LogP contribution is 2.33. The Morgan fingerprint density at radius 3 is 2.37 bits per heavy atom. The zero-order valence-corrected chi connectivity index (χ0v) is 15.8. The molecule has 0 atom stereocenters. The summed E-state index contributed by atoms with van der Waals surface area (Å²) in [5.74, 6) is 0.459. The Morgan fingerprint density at radius 1 is 1.00 bits per heavy atom. The van der Waals surface area contributed by atoms with Gasteiger partial charge in [-0.25, -0.2) is 9.97 Å². The van der Waals surface area contributed by atoms with E-state index in [4.69, 9.17) is 0 Å². The highest BCUT2D eigenvalue weighted by Gasteiger charge is 2.35. The van der Waals surface area contributed by atoms with Crippen molar-refractivity contribution in [2.75, 3.05) is 5.75 Å². The average molecular weight is 447 g/mol. The maximum atomic E-state index is 13.1. The highest BCUT2D eigenvalue weighted by atomic mass is 32.2. The van der Waals surface area contributed by atoms with E-state index in [1.54, 1.807) is 6.92 Å². The fourth-order valence-corrected chi connectivity index (χ4v) is 3.72. The van der Waals surface area contributed by atoms with Crippen molar-refractivity contribution in [1.29, 1.82) is 0 Å². The molecule has 158 valence electrons. The van der Waals surface area contributed by atoms with Gasteiger partial charge >= 0.3 is 12.4 Å². The van der Waals surface area contributed by atoms with Gasteiger partial charge in [-0.2, -0.15) is 26.3 Å². The number of imidazole rings is 2. The number of aromatic nitrogens is 5. The maximum absolute atomic E-state index is 13.1. The van der Waals surface area contributed by atoms with Crippen molar-refractivity contribution in [2.45, 2.75) is 24.3 Å². The molecule has 4 aromatic rings. The van der Waals surface area contributed by atoms with Crippen LogP contribution in [-0.4, -0.2) is 29.1 Å². The van der Waals surface area contributed by atoms with Crippen molar-refractivity contribution in [2.24, 2.45) is 0 Å². The third-order valence-corrected chi connectivity index (χ3v) is 5.14. The molecule has 0 saturated carbocycles. The summed E-state index contributed by atoms with van der Waals surface area (Å²) < 4.78 is 81.2. The second-order valence-electron chi connectivity index (χ2n) is 6.15. The lowest BCUT2D eigenvalue weighted by atomic mass is 10.3. The second-order valence-corrected chi connectivity index (χ2v) is 7.40. The van der Waals surface area contributed by atoms with Gasteiger partial charge in [0.1, 0.15) is 10.7 Å². The van der Waals surface area contributed by atoms with Crippen molar-refractivity contribution in [3.8, 4) is 5.82 Å². The molecule has 4 rings (SSSR count). The Morgan fingerprint density at radius 2 is 1.73 bits per heavy atom. The Labute approximate surface area is 167 Å². The molecule has 0 amide bonds. The Hall–Kier alpha value is -2.96. The lowest BCUT2D eigenvalue weighted by Crippen LogP contribution is -2.21. The van der Waals surface area contributed by atoms with Crippen molar-refractivity contribution in [3.63, 3.8) is 0 Å². The second kappa shape index (κ2) is 6.79. The molecule has 0 aromatic carbocycles. The zero-order valence-electron chi connectivity index (χ0n) is 15.0. The van der Waals surface area contributed by atoms with Gasteiger partial charge in [-0.3, -0.25) is 13.8 Å². The van der Waals surface area contributed by atoms with Crippen LogP contribution in [-0.2, 0) is 12.4 Å². The predicted octanol–water partition coefficient (Wildman–Crippen LogP) is 4.28. The van der Waals surface area contributed by atoms with Crippen LogP contribution in [0.25, 0.3) is 17.1 Å². The quantitative estimate of drug-likeness (QED) is 0.348. The fourth-order valence-electron chi connectivity index (χ4n) is 2.89. The topological polar surface area (TPSA) is 56.6 Å². The number of alkyl halides is 6. The molecule has 0 unspecified atom stereocenters. The maximum Gasteiger partial charge on any atom is 0.434 e. The van der Waals surface area contributed by atoms with E-state index in [0.717, 1.165) is 39.1 Å². The van der Waals surface area contributed by atoms with E-state index < -0.39 is 34.8 Å². The zero-order chi connectivity index (χ0) is 21.8. The monoisotopic (exact) mass is 447 g/mol. The standard InChI is InChI=1S/C17H11F6N5OS/c1-2-30-15-13(25-11-4-3-9(7-28(11)15)16(18,19)20)27-6-5-26-8-10(17(21,22)23)24-12(26)14(27)29/h3-8H,2H2,1H3. The third kappa shape index (κ3) is 3.32. The van der Waals surface area contributed by atoms with E-state index >= 15 is 0 Å². The normalized spacial score (nSPS) is 12.9. The van der Waals surface area contributed by atoms with E-state index in [2.05, 4.69) is 9.97 Å². The smallest absolute Gasteiger partial charge is 0.300 e. The first-order valence-corrected chi connectivity index (χ1v) is 9.39. The molecule has 4 heterocycles. The van der Waals surface area contributed by atoms with Crippen molar-refractivity contribution in [3.05, 3.63) is 58.5 Å². The number of hydrogen-bond acceptors (Lipinski definition) is 4. The van der Waals surface area contributed by atoms with Gasteiger partial charge < -0.3 is 4.40 Å². The first-order valence-electron chi connectivity index (χ1n) is 8.40. The molecule has 0 saturated heterocycles. The number of hydrogen-bond donors (Lipinski definition) is 0. The third-order valence-electron chi connectivity index (χ3n) is 4.20. The largest absolute Gasteiger partial charge is 0.434 e. The van der Waals surface area contributed by atoms with Gasteiger partial charge in [-0.1, -0.05) is 6.92 Å². The van der Waals surface area contributed by atoms with Crippen LogP contribution in [0, 0.1) is 0 Å². The van der Waals surface area contributed by atoms with Gasteiger partial charge in [0, 0.05) is 24.8 Å². The first-order chi connectivity index (χ1) is 14.0. The highest BCUT2D eigenvalue weighted by molar-refractivity contribution is 7.99. The van der Waals surface area contributed by atoms with E-state index in [9.17, 15) is 31.1 Å². The van der Waals surface area contributed by atoms with Crippen molar-refractivity contribution in [1.82, 2.24) is 23.3 Å². The van der Waals surface area contributed by atoms with E-state index in [1.807, 2.05) is 0 Å². The summed E-state index contributed by atoms with van der Waals surface area (Å²) in [6.45, 7) is 1.76. The molecule has 13 heteroatoms. The summed E-state index contributed by atoms with van der Waals surface area (Å²) >= 11 is 1.14. The number of thioether (sulfide) groups is 1. The molecule has 0 fully saturated rings. The molecule has 30 heavy (non-hydrogen) atoms. The van der Waals surface area contributed by atoms with Gasteiger partial charge in [-0.05, 0) is 17.9 Å². The van der Waals surface area contributed by atoms with Crippen LogP contribution in [0.2, 0.25) is 0 Å². The van der Waals surface area contributed by atoms with Crippen LogP contribution in [0.15, 0.2) is 46.7 Å². The van der Waals surface area contributed by atoms with Crippen LogP contribution in [0.3, 0.4) is 0 Å². The molecule has 4 aromatic heterocycles. The fraction of sp³-hybridized carbons (Fsp3) is 0.235. The summed E-state index contributed by atoms with van der Waals surface area (Å²) in [5.41, 5.74) is -3.34. The number of halogens is 6. The molecule has 0 radical (unpaired) electrons. The molecular weight excluding hydrogens is 436 g/mol. The number of fused-ring (bicyclic) bond motifs is 2. The molecule has 0 aliphatic rings. The average Bonchev–Trinajstić information content (AvgIpc) is 3.24. The van der Waals surface area contributed by atoms with Crippen LogP contribution in [0.5, 0.6) is 0 Å². The van der Waals surface area contributed by atoms with Crippen molar-refractivity contribution >= 4 is 23.1 Å². The molecule has 0 aliphatic carbocycles. The summed E-state index contributed by atoms with van der Waals surface area (Å²) in [4.78, 5) is 20.4. The number of rotatable bonds is 3. The SMILES string of the molecule is CCSc1c(-n2ccn3cc(C(F)(F)F)nc3c2=O)nc2ccc(C(F)(F)F)cn12. The van der Waals surface area contributed by atoms with Crippen molar-refractivity contribution < 1.29 is 26.3 Å². The van der Waals surface area contributed by atoms with Crippen LogP contribution in [0.1, 0.15) is 18.2 Å². The molecule has 6 nitrogen and oxygen atoms in total. The van der Waals surface area contributed by atoms with Crippen LogP contribution in [0.4, 0.5) is 26.3 Å². The minimum absolute atomic E-state index is 0.00485. The van der Waals surface area contributed by atoms with Gasteiger partial charge in [-0.15, -0.1) is 11.8 Å². The minimum Gasteiger partial charge on any atom is -0.300 e. The van der Waals surface area contributed by atoms with E-state index in [1.165, 1.54) is 16.8 Å². The molecular formula is C17H11F6N5OS. The van der Waals surface area contributed by atoms with Gasteiger partial charge in [0.2, 0.25) is 5.65 Å². The first kappa shape index (κ1) is 20.3. The van der Waals surface area contributed by atoms with Gasteiger partial charge in [0.05, 0.1) is 5.56 Å². The van der Waals surface area contributed by atoms with E-state index in [0.29, 0.717) is 11.9 Å². The summed E-state index contributed by atoms with van der Waals surface area (Å²) in [6.07, 6.45) is -5.36. The Kier molecular flexibility index (Phi) is 4.60. The predicted molar refractivity (Wildman–Crippen MR) is 95.9 cm³/mol. The van der Waals surface area contributed by atoms with Crippen LogP contribution < -0.4 is 5.56 Å². The molecule has 0 aliphatic heterocycles. The Bertz CT molecular complexity index is 1320. The van der Waals surface area contributed by atoms with Crippen LogP contribution >= 0.6 is 11.8 Å². The molecule has 0 bridgehead atoms.